The van der Waals surface area contributed by atoms with Crippen molar-refractivity contribution in [3.63, 3.8) is 0 Å². The summed E-state index contributed by atoms with van der Waals surface area (Å²) in [4.78, 5) is 14.8. The van der Waals surface area contributed by atoms with E-state index in [1.165, 1.54) is 50.5 Å². The number of amides is 2. The van der Waals surface area contributed by atoms with Gasteiger partial charge in [-0.2, -0.15) is 5.10 Å². The highest BCUT2D eigenvalue weighted by molar-refractivity contribution is 5.75. The Morgan fingerprint density at radius 2 is 1.89 bits per heavy atom. The summed E-state index contributed by atoms with van der Waals surface area (Å²) in [5.41, 5.74) is 2.29. The van der Waals surface area contributed by atoms with Crippen molar-refractivity contribution in [1.82, 2.24) is 20.0 Å². The molecule has 0 bridgehead atoms. The van der Waals surface area contributed by atoms with E-state index in [1.54, 1.807) is 6.20 Å². The highest BCUT2D eigenvalue weighted by Crippen LogP contribution is 2.31. The van der Waals surface area contributed by atoms with Crippen molar-refractivity contribution in [2.45, 2.75) is 57.4 Å². The van der Waals surface area contributed by atoms with Gasteiger partial charge < -0.3 is 10.2 Å². The van der Waals surface area contributed by atoms with Crippen LogP contribution in [0.15, 0.2) is 42.7 Å². The summed E-state index contributed by atoms with van der Waals surface area (Å²) in [5, 5.41) is 7.40. The second-order valence-corrected chi connectivity index (χ2v) is 7.99. The summed E-state index contributed by atoms with van der Waals surface area (Å²) >= 11 is 0. The summed E-state index contributed by atoms with van der Waals surface area (Å²) in [6.45, 7) is 1.64. The first kappa shape index (κ1) is 18.1. The summed E-state index contributed by atoms with van der Waals surface area (Å²) < 4.78 is 1.85. The fraction of sp³-hybridized carbons (Fsp3) is 0.545. The van der Waals surface area contributed by atoms with Crippen molar-refractivity contribution in [1.29, 1.82) is 0 Å². The van der Waals surface area contributed by atoms with E-state index in [2.05, 4.69) is 39.6 Å². The molecule has 1 aromatic heterocycles. The molecule has 0 spiro atoms. The van der Waals surface area contributed by atoms with Crippen molar-refractivity contribution in [3.05, 3.63) is 48.3 Å². The van der Waals surface area contributed by atoms with Gasteiger partial charge in [-0.1, -0.05) is 31.4 Å². The number of hydrogen-bond acceptors (Lipinski definition) is 2. The minimum Gasteiger partial charge on any atom is -0.338 e. The van der Waals surface area contributed by atoms with Crippen molar-refractivity contribution in [3.8, 4) is 5.69 Å². The number of benzene rings is 1. The van der Waals surface area contributed by atoms with Gasteiger partial charge in [-0.15, -0.1) is 0 Å². The molecule has 27 heavy (non-hydrogen) atoms. The topological polar surface area (TPSA) is 50.2 Å². The molecule has 0 saturated heterocycles. The Morgan fingerprint density at radius 3 is 2.56 bits per heavy atom. The van der Waals surface area contributed by atoms with Crippen LogP contribution in [0.2, 0.25) is 0 Å². The maximum absolute atomic E-state index is 12.7. The third-order valence-corrected chi connectivity index (χ3v) is 5.82. The van der Waals surface area contributed by atoms with Gasteiger partial charge in [-0.3, -0.25) is 0 Å². The Bertz CT molecular complexity index is 715. The second-order valence-electron chi connectivity index (χ2n) is 7.99. The SMILES string of the molecule is O=C(NCCc1ccc(-n2cccn2)cc1)N(CC1CCCCC1)C1CC1. The van der Waals surface area contributed by atoms with E-state index in [0.29, 0.717) is 18.5 Å². The van der Waals surface area contributed by atoms with Gasteiger partial charge in [-0.05, 0) is 61.8 Å². The average molecular weight is 367 g/mol. The normalized spacial score (nSPS) is 17.6. The highest BCUT2D eigenvalue weighted by Gasteiger charge is 2.34. The predicted octanol–water partition coefficient (Wildman–Crippen LogP) is 4.17. The van der Waals surface area contributed by atoms with Crippen LogP contribution in [-0.4, -0.2) is 39.8 Å². The molecule has 2 aromatic rings. The first-order valence-electron chi connectivity index (χ1n) is 10.4. The van der Waals surface area contributed by atoms with Crippen molar-refractivity contribution in [2.24, 2.45) is 5.92 Å². The largest absolute Gasteiger partial charge is 0.338 e. The fourth-order valence-corrected chi connectivity index (χ4v) is 4.08. The number of aromatic nitrogens is 2. The smallest absolute Gasteiger partial charge is 0.317 e. The maximum atomic E-state index is 12.7. The van der Waals surface area contributed by atoms with Crippen LogP contribution in [0, 0.1) is 5.92 Å². The number of carbonyl (C=O) groups is 1. The molecule has 5 nitrogen and oxygen atoms in total. The number of carbonyl (C=O) groups excluding carboxylic acids is 1. The number of hydrogen-bond donors (Lipinski definition) is 1. The monoisotopic (exact) mass is 366 g/mol. The molecule has 0 radical (unpaired) electrons. The number of nitrogens with zero attached hydrogens (tertiary/aromatic N) is 3. The maximum Gasteiger partial charge on any atom is 0.317 e. The fourth-order valence-electron chi connectivity index (χ4n) is 4.08. The third-order valence-electron chi connectivity index (χ3n) is 5.82. The molecule has 5 heteroatoms. The lowest BCUT2D eigenvalue weighted by atomic mass is 9.89. The molecule has 0 aliphatic heterocycles. The van der Waals surface area contributed by atoms with Gasteiger partial charge in [-0.25, -0.2) is 9.48 Å². The lowest BCUT2D eigenvalue weighted by molar-refractivity contribution is 0.174. The standard InChI is InChI=1S/C22H30N4O/c27-22(25(20-11-12-20)17-19-5-2-1-3-6-19)23-15-13-18-7-9-21(10-8-18)26-16-4-14-24-26/h4,7-10,14,16,19-20H,1-3,5-6,11-13,15,17H2,(H,23,27). The predicted molar refractivity (Wildman–Crippen MR) is 107 cm³/mol. The van der Waals surface area contributed by atoms with Crippen LogP contribution in [0.1, 0.15) is 50.5 Å². The number of urea groups is 1. The van der Waals surface area contributed by atoms with E-state index in [-0.39, 0.29) is 6.03 Å². The van der Waals surface area contributed by atoms with Crippen molar-refractivity contribution < 1.29 is 4.79 Å². The highest BCUT2D eigenvalue weighted by atomic mass is 16.2. The quantitative estimate of drug-likeness (QED) is 0.799. The molecule has 2 fully saturated rings. The van der Waals surface area contributed by atoms with Crippen LogP contribution >= 0.6 is 0 Å². The van der Waals surface area contributed by atoms with E-state index in [1.807, 2.05) is 16.9 Å². The van der Waals surface area contributed by atoms with E-state index in [4.69, 9.17) is 0 Å². The van der Waals surface area contributed by atoms with Gasteiger partial charge >= 0.3 is 6.03 Å². The molecular formula is C22H30N4O. The molecule has 0 unspecified atom stereocenters. The molecule has 1 heterocycles. The summed E-state index contributed by atoms with van der Waals surface area (Å²) in [5.74, 6) is 0.708. The van der Waals surface area contributed by atoms with E-state index >= 15 is 0 Å². The average Bonchev–Trinajstić information content (AvgIpc) is 3.40. The zero-order chi connectivity index (χ0) is 18.5. The zero-order valence-corrected chi connectivity index (χ0v) is 16.0. The van der Waals surface area contributed by atoms with Gasteiger partial charge in [0.15, 0.2) is 0 Å². The van der Waals surface area contributed by atoms with E-state index in [0.717, 1.165) is 18.7 Å². The van der Waals surface area contributed by atoms with Gasteiger partial charge in [0, 0.05) is 31.5 Å². The van der Waals surface area contributed by atoms with Gasteiger partial charge in [0.25, 0.3) is 0 Å². The Hall–Kier alpha value is -2.30. The Labute approximate surface area is 161 Å². The first-order valence-corrected chi connectivity index (χ1v) is 10.4. The van der Waals surface area contributed by atoms with Gasteiger partial charge in [0.2, 0.25) is 0 Å². The molecule has 2 saturated carbocycles. The molecule has 0 atom stereocenters. The van der Waals surface area contributed by atoms with Gasteiger partial charge in [0.1, 0.15) is 0 Å². The number of nitrogens with one attached hydrogen (secondary N) is 1. The van der Waals surface area contributed by atoms with Crippen LogP contribution in [0.25, 0.3) is 5.69 Å². The lowest BCUT2D eigenvalue weighted by Crippen LogP contribution is -2.44. The van der Waals surface area contributed by atoms with Crippen LogP contribution in [0.4, 0.5) is 4.79 Å². The molecule has 1 aromatic carbocycles. The molecule has 2 aliphatic carbocycles. The summed E-state index contributed by atoms with van der Waals surface area (Å²) in [6.07, 6.45) is 13.5. The minimum absolute atomic E-state index is 0.135. The van der Waals surface area contributed by atoms with Crippen LogP contribution < -0.4 is 5.32 Å². The van der Waals surface area contributed by atoms with Crippen molar-refractivity contribution in [2.75, 3.05) is 13.1 Å². The first-order chi connectivity index (χ1) is 13.3. The number of rotatable bonds is 7. The molecule has 144 valence electrons. The summed E-state index contributed by atoms with van der Waals surface area (Å²) in [6, 6.07) is 10.9. The Kier molecular flexibility index (Phi) is 5.75. The van der Waals surface area contributed by atoms with Crippen molar-refractivity contribution >= 4 is 6.03 Å². The Morgan fingerprint density at radius 1 is 1.11 bits per heavy atom. The van der Waals surface area contributed by atoms with Crippen LogP contribution in [-0.2, 0) is 6.42 Å². The lowest BCUT2D eigenvalue weighted by Gasteiger charge is -2.30. The molecule has 2 aliphatic rings. The molecular weight excluding hydrogens is 336 g/mol. The zero-order valence-electron chi connectivity index (χ0n) is 16.0. The minimum atomic E-state index is 0.135. The van der Waals surface area contributed by atoms with Crippen LogP contribution in [0.5, 0.6) is 0 Å². The molecule has 4 rings (SSSR count). The summed E-state index contributed by atoms with van der Waals surface area (Å²) in [7, 11) is 0. The van der Waals surface area contributed by atoms with Gasteiger partial charge in [0.05, 0.1) is 5.69 Å². The van der Waals surface area contributed by atoms with E-state index < -0.39 is 0 Å². The molecule has 2 amide bonds. The third kappa shape index (κ3) is 4.90. The molecule has 1 N–H and O–H groups in total. The van der Waals surface area contributed by atoms with Crippen LogP contribution in [0.3, 0.4) is 0 Å². The second kappa shape index (κ2) is 8.59. The van der Waals surface area contributed by atoms with E-state index in [9.17, 15) is 4.79 Å². The Balaban J connectivity index is 1.25.